The number of benzene rings is 2. The van der Waals surface area contributed by atoms with Gasteiger partial charge in [-0.05, 0) is 35.7 Å². The summed E-state index contributed by atoms with van der Waals surface area (Å²) in [6, 6.07) is 11.6. The summed E-state index contributed by atoms with van der Waals surface area (Å²) in [5.41, 5.74) is 0.935. The fourth-order valence-corrected chi connectivity index (χ4v) is 3.20. The number of carbonyl (C=O) groups is 1. The summed E-state index contributed by atoms with van der Waals surface area (Å²) in [4.78, 5) is 17.1. The highest BCUT2D eigenvalue weighted by atomic mass is 35.5. The molecule has 0 radical (unpaired) electrons. The van der Waals surface area contributed by atoms with Crippen LogP contribution in [0.4, 0.5) is 0 Å². The predicted octanol–water partition coefficient (Wildman–Crippen LogP) is 4.88. The second kappa shape index (κ2) is 7.72. The van der Waals surface area contributed by atoms with Crippen molar-refractivity contribution < 1.29 is 14.6 Å². The molecule has 7 heteroatoms. The highest BCUT2D eigenvalue weighted by molar-refractivity contribution is 6.37. The van der Waals surface area contributed by atoms with Crippen molar-refractivity contribution in [1.82, 2.24) is 9.55 Å². The lowest BCUT2D eigenvalue weighted by molar-refractivity contribution is -0.162. The second-order valence-electron chi connectivity index (χ2n) is 6.33. The third-order valence-corrected chi connectivity index (χ3v) is 4.67. The number of halogens is 2. The molecule has 3 aromatic rings. The van der Waals surface area contributed by atoms with Gasteiger partial charge in [0, 0.05) is 23.0 Å². The molecule has 0 aliphatic heterocycles. The van der Waals surface area contributed by atoms with E-state index in [0.29, 0.717) is 10.8 Å². The summed E-state index contributed by atoms with van der Waals surface area (Å²) in [5.74, 6) is -2.58. The van der Waals surface area contributed by atoms with Gasteiger partial charge >= 0.3 is 5.91 Å². The SMILES string of the molecule is CC(C)c1ccccc1OC(O)(C(=O)c1ccc(Cl)cc1Cl)n1ccnc1. The molecule has 0 saturated carbocycles. The normalized spacial score (nSPS) is 13.4. The number of para-hydroxylation sites is 1. The molecule has 2 aromatic carbocycles. The number of hydrogen-bond acceptors (Lipinski definition) is 4. The molecule has 1 aromatic heterocycles. The highest BCUT2D eigenvalue weighted by Crippen LogP contribution is 2.33. The maximum atomic E-state index is 13.2. The first-order valence-corrected chi connectivity index (χ1v) is 9.07. The minimum absolute atomic E-state index is 0.0827. The van der Waals surface area contributed by atoms with E-state index in [1.165, 1.54) is 41.5 Å². The largest absolute Gasteiger partial charge is 0.438 e. The van der Waals surface area contributed by atoms with Crippen LogP contribution in [0.1, 0.15) is 35.7 Å². The Morgan fingerprint density at radius 2 is 1.96 bits per heavy atom. The van der Waals surface area contributed by atoms with E-state index in [4.69, 9.17) is 27.9 Å². The lowest BCUT2D eigenvalue weighted by atomic mass is 10.0. The summed E-state index contributed by atoms with van der Waals surface area (Å²) >= 11 is 12.1. The monoisotopic (exact) mass is 404 g/mol. The third-order valence-electron chi connectivity index (χ3n) is 4.12. The van der Waals surface area contributed by atoms with Crippen molar-refractivity contribution in [2.45, 2.75) is 25.7 Å². The van der Waals surface area contributed by atoms with E-state index in [0.717, 1.165) is 5.56 Å². The molecule has 0 saturated heterocycles. The molecule has 0 amide bonds. The molecule has 0 spiro atoms. The van der Waals surface area contributed by atoms with Crippen molar-refractivity contribution in [3.63, 3.8) is 0 Å². The maximum Gasteiger partial charge on any atom is 0.365 e. The minimum atomic E-state index is -2.36. The van der Waals surface area contributed by atoms with Crippen molar-refractivity contribution in [3.05, 3.63) is 82.4 Å². The molecule has 3 rings (SSSR count). The molecule has 1 unspecified atom stereocenters. The zero-order valence-electron chi connectivity index (χ0n) is 14.8. The van der Waals surface area contributed by atoms with Crippen LogP contribution in [0.3, 0.4) is 0 Å². The van der Waals surface area contributed by atoms with Gasteiger partial charge in [-0.15, -0.1) is 0 Å². The van der Waals surface area contributed by atoms with Gasteiger partial charge in [-0.25, -0.2) is 4.98 Å². The molecule has 0 aliphatic rings. The number of Topliss-reactive ketones (excluding diaryl/α,β-unsaturated/α-hetero) is 1. The molecule has 1 atom stereocenters. The lowest BCUT2D eigenvalue weighted by Gasteiger charge is -2.30. The summed E-state index contributed by atoms with van der Waals surface area (Å²) in [5, 5.41) is 11.8. The summed E-state index contributed by atoms with van der Waals surface area (Å²) in [6.07, 6.45) is 4.19. The molecule has 140 valence electrons. The minimum Gasteiger partial charge on any atom is -0.438 e. The van der Waals surface area contributed by atoms with E-state index in [1.807, 2.05) is 26.0 Å². The van der Waals surface area contributed by atoms with Gasteiger partial charge in [0.2, 0.25) is 0 Å². The Morgan fingerprint density at radius 3 is 2.59 bits per heavy atom. The van der Waals surface area contributed by atoms with Crippen molar-refractivity contribution in [2.24, 2.45) is 0 Å². The molecule has 0 aliphatic carbocycles. The Balaban J connectivity index is 2.10. The molecular weight excluding hydrogens is 387 g/mol. The van der Waals surface area contributed by atoms with Crippen molar-refractivity contribution in [2.75, 3.05) is 0 Å². The fraction of sp³-hybridized carbons (Fsp3) is 0.200. The van der Waals surface area contributed by atoms with E-state index in [1.54, 1.807) is 12.1 Å². The van der Waals surface area contributed by atoms with Crippen LogP contribution in [0.25, 0.3) is 0 Å². The maximum absolute atomic E-state index is 13.2. The van der Waals surface area contributed by atoms with Crippen molar-refractivity contribution in [3.8, 4) is 5.75 Å². The molecule has 1 N–H and O–H groups in total. The zero-order valence-corrected chi connectivity index (χ0v) is 16.3. The summed E-state index contributed by atoms with van der Waals surface area (Å²) in [6.45, 7) is 3.99. The van der Waals surface area contributed by atoms with Gasteiger partial charge < -0.3 is 9.84 Å². The number of nitrogens with zero attached hydrogens (tertiary/aromatic N) is 2. The Labute approximate surface area is 167 Å². The Hall–Kier alpha value is -2.34. The van der Waals surface area contributed by atoms with Gasteiger partial charge in [0.1, 0.15) is 12.1 Å². The topological polar surface area (TPSA) is 64.3 Å². The van der Waals surface area contributed by atoms with Gasteiger partial charge in [-0.1, -0.05) is 55.2 Å². The number of aliphatic hydroxyl groups is 1. The van der Waals surface area contributed by atoms with Crippen LogP contribution in [0, 0.1) is 0 Å². The van der Waals surface area contributed by atoms with Gasteiger partial charge in [0.25, 0.3) is 5.78 Å². The Kier molecular flexibility index (Phi) is 5.56. The first-order chi connectivity index (χ1) is 12.8. The van der Waals surface area contributed by atoms with Crippen LogP contribution in [0.5, 0.6) is 5.75 Å². The summed E-state index contributed by atoms with van der Waals surface area (Å²) in [7, 11) is 0. The first kappa shape index (κ1) is 19.4. The summed E-state index contributed by atoms with van der Waals surface area (Å²) < 4.78 is 7.07. The van der Waals surface area contributed by atoms with E-state index in [-0.39, 0.29) is 16.5 Å². The number of ketones is 1. The smallest absolute Gasteiger partial charge is 0.365 e. The van der Waals surface area contributed by atoms with Crippen molar-refractivity contribution >= 4 is 29.0 Å². The van der Waals surface area contributed by atoms with Crippen LogP contribution in [0.15, 0.2) is 61.2 Å². The lowest BCUT2D eigenvalue weighted by Crippen LogP contribution is -2.47. The van der Waals surface area contributed by atoms with Crippen LogP contribution in [-0.4, -0.2) is 20.4 Å². The molecule has 0 bridgehead atoms. The number of ether oxygens (including phenoxy) is 1. The van der Waals surface area contributed by atoms with Gasteiger partial charge in [-0.2, -0.15) is 0 Å². The molecule has 1 heterocycles. The van der Waals surface area contributed by atoms with E-state index < -0.39 is 11.7 Å². The van der Waals surface area contributed by atoms with E-state index in [2.05, 4.69) is 4.98 Å². The molecule has 27 heavy (non-hydrogen) atoms. The number of aromatic nitrogens is 2. The number of rotatable bonds is 6. The zero-order chi connectivity index (χ0) is 19.6. The fourth-order valence-electron chi connectivity index (χ4n) is 2.71. The van der Waals surface area contributed by atoms with E-state index in [9.17, 15) is 9.90 Å². The number of hydrogen-bond donors (Lipinski definition) is 1. The molecular formula is C20H18Cl2N2O3. The number of imidazole rings is 1. The standard InChI is InChI=1S/C20H18Cl2N2O3/c1-13(2)15-5-3-4-6-18(15)27-20(26,24-10-9-23-12-24)19(25)16-8-7-14(21)11-17(16)22/h3-13,26H,1-2H3. The third kappa shape index (κ3) is 3.86. The second-order valence-corrected chi connectivity index (χ2v) is 7.17. The van der Waals surface area contributed by atoms with E-state index >= 15 is 0 Å². The Bertz CT molecular complexity index is 958. The van der Waals surface area contributed by atoms with Gasteiger partial charge in [-0.3, -0.25) is 9.36 Å². The quantitative estimate of drug-likeness (QED) is 0.469. The van der Waals surface area contributed by atoms with Gasteiger partial charge in [0.05, 0.1) is 5.02 Å². The van der Waals surface area contributed by atoms with Gasteiger partial charge in [0.15, 0.2) is 0 Å². The van der Waals surface area contributed by atoms with Crippen molar-refractivity contribution in [1.29, 1.82) is 0 Å². The first-order valence-electron chi connectivity index (χ1n) is 8.31. The Morgan fingerprint density at radius 1 is 1.22 bits per heavy atom. The molecule has 0 fully saturated rings. The average molecular weight is 405 g/mol. The van der Waals surface area contributed by atoms with Crippen LogP contribution in [-0.2, 0) is 5.91 Å². The molecule has 5 nitrogen and oxygen atoms in total. The number of carbonyl (C=O) groups excluding carboxylic acids is 1. The van der Waals surface area contributed by atoms with Crippen LogP contribution < -0.4 is 4.74 Å². The van der Waals surface area contributed by atoms with Crippen LogP contribution >= 0.6 is 23.2 Å². The predicted molar refractivity (Wildman–Crippen MR) is 104 cm³/mol. The van der Waals surface area contributed by atoms with Crippen LogP contribution in [0.2, 0.25) is 10.0 Å². The average Bonchev–Trinajstić information content (AvgIpc) is 3.16. The highest BCUT2D eigenvalue weighted by Gasteiger charge is 2.43.